The molecular weight excluding hydrogens is 210 g/mol. The van der Waals surface area contributed by atoms with Crippen LogP contribution in [0.5, 0.6) is 0 Å². The van der Waals surface area contributed by atoms with Crippen molar-refractivity contribution < 1.29 is 14.7 Å². The van der Waals surface area contributed by atoms with Gasteiger partial charge in [-0.25, -0.2) is 4.79 Å². The number of rotatable bonds is 3. The Balaban J connectivity index is 2.22. The molecular formula is C10H11N3O3. The molecule has 0 radical (unpaired) electrons. The van der Waals surface area contributed by atoms with Crippen molar-refractivity contribution in [2.24, 2.45) is 10.9 Å². The Hall–Kier alpha value is -1.95. The number of aromatic nitrogens is 1. The smallest absolute Gasteiger partial charge is 0.352 e. The van der Waals surface area contributed by atoms with E-state index in [0.29, 0.717) is 5.71 Å². The number of aliphatic carboxylic acids is 1. The van der Waals surface area contributed by atoms with Crippen molar-refractivity contribution in [3.05, 3.63) is 30.1 Å². The van der Waals surface area contributed by atoms with Crippen LogP contribution in [0.3, 0.4) is 0 Å². The van der Waals surface area contributed by atoms with Gasteiger partial charge in [-0.05, 0) is 12.1 Å². The highest BCUT2D eigenvalue weighted by Gasteiger charge is 2.46. The van der Waals surface area contributed by atoms with Gasteiger partial charge < -0.3 is 15.7 Å². The minimum Gasteiger partial charge on any atom is -0.478 e. The van der Waals surface area contributed by atoms with Gasteiger partial charge >= 0.3 is 5.97 Å². The molecule has 0 saturated heterocycles. The number of carboxylic acid groups (broad SMARTS) is 1. The van der Waals surface area contributed by atoms with E-state index < -0.39 is 11.6 Å². The molecule has 6 nitrogen and oxygen atoms in total. The van der Waals surface area contributed by atoms with Gasteiger partial charge in [0.05, 0.1) is 5.71 Å². The zero-order valence-electron chi connectivity index (χ0n) is 8.46. The maximum atomic E-state index is 11.0. The van der Waals surface area contributed by atoms with Crippen LogP contribution in [0.25, 0.3) is 0 Å². The summed E-state index contributed by atoms with van der Waals surface area (Å²) in [7, 11) is 0. The van der Waals surface area contributed by atoms with E-state index in [1.807, 2.05) is 0 Å². The molecule has 1 aromatic heterocycles. The number of oxime groups is 1. The van der Waals surface area contributed by atoms with Gasteiger partial charge in [0.2, 0.25) is 0 Å². The van der Waals surface area contributed by atoms with Gasteiger partial charge in [-0.3, -0.25) is 4.98 Å². The van der Waals surface area contributed by atoms with E-state index >= 15 is 0 Å². The van der Waals surface area contributed by atoms with Gasteiger partial charge in [0.1, 0.15) is 0 Å². The summed E-state index contributed by atoms with van der Waals surface area (Å²) in [6.45, 7) is -0.115. The first kappa shape index (κ1) is 10.6. The number of nitrogens with zero attached hydrogens (tertiary/aromatic N) is 2. The highest BCUT2D eigenvalue weighted by molar-refractivity contribution is 6.04. The molecule has 84 valence electrons. The summed E-state index contributed by atoms with van der Waals surface area (Å²) in [5.74, 6) is -1.10. The Morgan fingerprint density at radius 1 is 1.69 bits per heavy atom. The van der Waals surface area contributed by atoms with Crippen LogP contribution in [0.2, 0.25) is 0 Å². The molecule has 16 heavy (non-hydrogen) atoms. The lowest BCUT2D eigenvalue weighted by molar-refractivity contribution is -0.161. The predicted octanol–water partition coefficient (Wildman–Crippen LogP) is -0.0119. The van der Waals surface area contributed by atoms with Crippen LogP contribution >= 0.6 is 0 Å². The van der Waals surface area contributed by atoms with Crippen LogP contribution in [-0.2, 0) is 9.63 Å². The number of nitrogens with two attached hydrogens (primary N) is 1. The molecule has 0 saturated carbocycles. The molecule has 0 spiro atoms. The summed E-state index contributed by atoms with van der Waals surface area (Å²) in [6, 6.07) is 3.55. The summed E-state index contributed by atoms with van der Waals surface area (Å²) >= 11 is 0. The average molecular weight is 221 g/mol. The molecule has 1 aliphatic rings. The summed E-state index contributed by atoms with van der Waals surface area (Å²) in [6.07, 6.45) is 3.40. The van der Waals surface area contributed by atoms with E-state index in [2.05, 4.69) is 10.1 Å². The van der Waals surface area contributed by atoms with E-state index in [1.54, 1.807) is 24.5 Å². The molecule has 0 bridgehead atoms. The Morgan fingerprint density at radius 3 is 3.00 bits per heavy atom. The molecule has 3 N–H and O–H groups in total. The Morgan fingerprint density at radius 2 is 2.50 bits per heavy atom. The summed E-state index contributed by atoms with van der Waals surface area (Å²) in [5, 5.41) is 12.8. The zero-order chi connectivity index (χ0) is 11.6. The van der Waals surface area contributed by atoms with Crippen LogP contribution in [-0.4, -0.2) is 33.9 Å². The van der Waals surface area contributed by atoms with Crippen LogP contribution in [0, 0.1) is 0 Å². The van der Waals surface area contributed by atoms with Crippen molar-refractivity contribution in [3.63, 3.8) is 0 Å². The topological polar surface area (TPSA) is 97.8 Å². The first-order valence-corrected chi connectivity index (χ1v) is 4.77. The fraction of sp³-hybridized carbons (Fsp3) is 0.300. The largest absolute Gasteiger partial charge is 0.478 e. The lowest BCUT2D eigenvalue weighted by Gasteiger charge is -2.18. The number of hydrogen-bond acceptors (Lipinski definition) is 5. The Kier molecular flexibility index (Phi) is 2.57. The molecule has 2 rings (SSSR count). The monoisotopic (exact) mass is 221 g/mol. The van der Waals surface area contributed by atoms with E-state index in [0.717, 1.165) is 5.56 Å². The highest BCUT2D eigenvalue weighted by Crippen LogP contribution is 2.26. The van der Waals surface area contributed by atoms with Crippen molar-refractivity contribution >= 4 is 11.7 Å². The number of carboxylic acids is 1. The normalized spacial score (nSPS) is 23.7. The zero-order valence-corrected chi connectivity index (χ0v) is 8.46. The third-order valence-corrected chi connectivity index (χ3v) is 2.50. The van der Waals surface area contributed by atoms with Crippen LogP contribution in [0.4, 0.5) is 0 Å². The molecule has 0 aromatic carbocycles. The third kappa shape index (κ3) is 1.63. The average Bonchev–Trinajstić information content (AvgIpc) is 2.76. The van der Waals surface area contributed by atoms with Crippen molar-refractivity contribution in [1.29, 1.82) is 0 Å². The van der Waals surface area contributed by atoms with E-state index in [-0.39, 0.29) is 13.0 Å². The summed E-state index contributed by atoms with van der Waals surface area (Å²) < 4.78 is 0. The molecule has 1 aliphatic heterocycles. The molecule has 1 unspecified atom stereocenters. The summed E-state index contributed by atoms with van der Waals surface area (Å²) in [4.78, 5) is 19.9. The maximum Gasteiger partial charge on any atom is 0.352 e. The molecule has 2 heterocycles. The molecule has 0 fully saturated rings. The van der Waals surface area contributed by atoms with Crippen LogP contribution in [0.15, 0.2) is 29.7 Å². The van der Waals surface area contributed by atoms with E-state index in [4.69, 9.17) is 15.7 Å². The Bertz CT molecular complexity index is 432. The lowest BCUT2D eigenvalue weighted by Crippen LogP contribution is -2.45. The van der Waals surface area contributed by atoms with Gasteiger partial charge in [0.25, 0.3) is 5.60 Å². The Labute approximate surface area is 91.7 Å². The molecule has 1 aromatic rings. The minimum absolute atomic E-state index is 0.115. The standard InChI is InChI=1S/C10H11N3O3/c11-6-10(9(14)15)4-8(13-16-10)7-2-1-3-12-5-7/h1-3,5H,4,6,11H2,(H,14,15). The predicted molar refractivity (Wildman–Crippen MR) is 55.9 cm³/mol. The maximum absolute atomic E-state index is 11.0. The van der Waals surface area contributed by atoms with Gasteiger partial charge in [-0.1, -0.05) is 5.16 Å². The SMILES string of the molecule is NCC1(C(=O)O)CC(c2cccnc2)=NO1. The van der Waals surface area contributed by atoms with Crippen molar-refractivity contribution in [2.75, 3.05) is 6.54 Å². The molecule has 0 aliphatic carbocycles. The number of pyridine rings is 1. The second-order valence-corrected chi connectivity index (χ2v) is 3.55. The highest BCUT2D eigenvalue weighted by atomic mass is 16.7. The van der Waals surface area contributed by atoms with Gasteiger partial charge in [0.15, 0.2) is 0 Å². The van der Waals surface area contributed by atoms with Crippen molar-refractivity contribution in [2.45, 2.75) is 12.0 Å². The molecule has 0 amide bonds. The van der Waals surface area contributed by atoms with Gasteiger partial charge in [-0.15, -0.1) is 0 Å². The number of hydrogen-bond donors (Lipinski definition) is 2. The molecule has 1 atom stereocenters. The second-order valence-electron chi connectivity index (χ2n) is 3.55. The fourth-order valence-corrected chi connectivity index (χ4v) is 1.48. The van der Waals surface area contributed by atoms with Gasteiger partial charge in [-0.2, -0.15) is 0 Å². The van der Waals surface area contributed by atoms with E-state index in [9.17, 15) is 4.79 Å². The van der Waals surface area contributed by atoms with Crippen molar-refractivity contribution in [3.8, 4) is 0 Å². The van der Waals surface area contributed by atoms with E-state index in [1.165, 1.54) is 0 Å². The van der Waals surface area contributed by atoms with Crippen molar-refractivity contribution in [1.82, 2.24) is 4.98 Å². The minimum atomic E-state index is -1.43. The molecule has 6 heteroatoms. The second kappa shape index (κ2) is 3.90. The van der Waals surface area contributed by atoms with Crippen LogP contribution < -0.4 is 5.73 Å². The quantitative estimate of drug-likeness (QED) is 0.747. The third-order valence-electron chi connectivity index (χ3n) is 2.50. The first-order valence-electron chi connectivity index (χ1n) is 4.77. The first-order chi connectivity index (χ1) is 7.68. The fourth-order valence-electron chi connectivity index (χ4n) is 1.48. The summed E-state index contributed by atoms with van der Waals surface area (Å²) in [5.41, 5.74) is 5.30. The van der Waals surface area contributed by atoms with Gasteiger partial charge in [0, 0.05) is 30.9 Å². The number of carbonyl (C=O) groups is 1. The van der Waals surface area contributed by atoms with Crippen LogP contribution in [0.1, 0.15) is 12.0 Å². The lowest BCUT2D eigenvalue weighted by atomic mass is 9.95.